The topological polar surface area (TPSA) is 78.1 Å². The zero-order valence-corrected chi connectivity index (χ0v) is 9.07. The van der Waals surface area contributed by atoms with Crippen LogP contribution in [0.5, 0.6) is 5.75 Å². The molecule has 0 aliphatic rings. The van der Waals surface area contributed by atoms with Gasteiger partial charge in [0.15, 0.2) is 0 Å². The van der Waals surface area contributed by atoms with Crippen molar-refractivity contribution in [1.82, 2.24) is 9.97 Å². The predicted molar refractivity (Wildman–Crippen MR) is 63.7 cm³/mol. The molecular formula is C12H10N2O3. The van der Waals surface area contributed by atoms with Crippen LogP contribution in [-0.2, 0) is 0 Å². The van der Waals surface area contributed by atoms with Gasteiger partial charge >= 0.3 is 5.97 Å². The van der Waals surface area contributed by atoms with Crippen LogP contribution in [0.2, 0.25) is 0 Å². The van der Waals surface area contributed by atoms with Crippen LogP contribution < -0.4 is 4.74 Å². The number of aromatic nitrogens is 2. The molecule has 5 heteroatoms. The number of aromatic amines is 2. The van der Waals surface area contributed by atoms with E-state index in [-0.39, 0.29) is 5.69 Å². The van der Waals surface area contributed by atoms with Crippen molar-refractivity contribution in [2.75, 3.05) is 7.11 Å². The molecule has 3 N–H and O–H groups in total. The van der Waals surface area contributed by atoms with Crippen LogP contribution in [0.15, 0.2) is 24.3 Å². The first-order chi connectivity index (χ1) is 8.20. The van der Waals surface area contributed by atoms with E-state index in [1.807, 2.05) is 18.2 Å². The first-order valence-electron chi connectivity index (χ1n) is 5.11. The third-order valence-corrected chi connectivity index (χ3v) is 2.82. The first-order valence-corrected chi connectivity index (χ1v) is 5.11. The Labute approximate surface area is 96.0 Å². The fourth-order valence-electron chi connectivity index (χ4n) is 2.08. The van der Waals surface area contributed by atoms with E-state index in [2.05, 4.69) is 9.97 Å². The van der Waals surface area contributed by atoms with Crippen molar-refractivity contribution in [3.05, 3.63) is 30.0 Å². The van der Waals surface area contributed by atoms with Gasteiger partial charge < -0.3 is 19.8 Å². The standard InChI is InChI=1S/C12H10N2O3/c1-17-9-4-2-3-7-10(9)6-5-8(12(15)16)14-11(6)13-7/h2-5,13-14H,1H3,(H,15,16). The van der Waals surface area contributed by atoms with Crippen molar-refractivity contribution in [3.8, 4) is 5.75 Å². The molecule has 0 bridgehead atoms. The number of nitrogens with one attached hydrogen (secondary N) is 2. The highest BCUT2D eigenvalue weighted by Crippen LogP contribution is 2.33. The van der Waals surface area contributed by atoms with Gasteiger partial charge in [0.05, 0.1) is 18.0 Å². The summed E-state index contributed by atoms with van der Waals surface area (Å²) in [5, 5.41) is 10.7. The molecular weight excluding hydrogens is 220 g/mol. The van der Waals surface area contributed by atoms with E-state index >= 15 is 0 Å². The SMILES string of the molecule is COc1cccc2[nH]c3[nH]c(C(=O)O)cc3c12. The molecule has 2 heterocycles. The summed E-state index contributed by atoms with van der Waals surface area (Å²) in [5.74, 6) is -0.248. The number of carbonyl (C=O) groups is 1. The minimum absolute atomic E-state index is 0.166. The van der Waals surface area contributed by atoms with Crippen LogP contribution in [0.3, 0.4) is 0 Å². The molecule has 17 heavy (non-hydrogen) atoms. The summed E-state index contributed by atoms with van der Waals surface area (Å²) in [6.45, 7) is 0. The molecule has 3 aromatic rings. The third-order valence-electron chi connectivity index (χ3n) is 2.82. The Morgan fingerprint density at radius 1 is 1.35 bits per heavy atom. The number of carboxylic acid groups (broad SMARTS) is 1. The predicted octanol–water partition coefficient (Wildman–Crippen LogP) is 2.36. The van der Waals surface area contributed by atoms with E-state index in [4.69, 9.17) is 9.84 Å². The maximum absolute atomic E-state index is 10.9. The fraction of sp³-hybridized carbons (Fsp3) is 0.0833. The second-order valence-corrected chi connectivity index (χ2v) is 3.78. The number of carboxylic acids is 1. The Hall–Kier alpha value is -2.43. The molecule has 0 aliphatic carbocycles. The molecule has 0 saturated carbocycles. The number of hydrogen-bond donors (Lipinski definition) is 3. The molecule has 2 aromatic heterocycles. The van der Waals surface area contributed by atoms with E-state index in [0.29, 0.717) is 5.65 Å². The average molecular weight is 230 g/mol. The monoisotopic (exact) mass is 230 g/mol. The van der Waals surface area contributed by atoms with Crippen LogP contribution in [0.4, 0.5) is 0 Å². The van der Waals surface area contributed by atoms with Crippen molar-refractivity contribution in [3.63, 3.8) is 0 Å². The van der Waals surface area contributed by atoms with Crippen molar-refractivity contribution in [2.24, 2.45) is 0 Å². The van der Waals surface area contributed by atoms with Gasteiger partial charge in [-0.15, -0.1) is 0 Å². The van der Waals surface area contributed by atoms with Gasteiger partial charge in [0, 0.05) is 5.39 Å². The number of H-pyrrole nitrogens is 2. The normalized spacial score (nSPS) is 11.1. The molecule has 0 unspecified atom stereocenters. The van der Waals surface area contributed by atoms with Gasteiger partial charge in [-0.3, -0.25) is 0 Å². The second-order valence-electron chi connectivity index (χ2n) is 3.78. The van der Waals surface area contributed by atoms with E-state index in [0.717, 1.165) is 22.0 Å². The van der Waals surface area contributed by atoms with Crippen LogP contribution in [-0.4, -0.2) is 28.2 Å². The molecule has 0 spiro atoms. The number of benzene rings is 1. The Balaban J connectivity index is 2.42. The molecule has 86 valence electrons. The molecule has 0 atom stereocenters. The number of rotatable bonds is 2. The number of methoxy groups -OCH3 is 1. The van der Waals surface area contributed by atoms with E-state index in [1.54, 1.807) is 13.2 Å². The van der Waals surface area contributed by atoms with Gasteiger partial charge in [-0.2, -0.15) is 0 Å². The van der Waals surface area contributed by atoms with Crippen molar-refractivity contribution >= 4 is 27.9 Å². The molecule has 0 fully saturated rings. The lowest BCUT2D eigenvalue weighted by molar-refractivity contribution is 0.0691. The molecule has 0 amide bonds. The quantitative estimate of drug-likeness (QED) is 0.632. The van der Waals surface area contributed by atoms with Crippen LogP contribution in [0, 0.1) is 0 Å². The van der Waals surface area contributed by atoms with Gasteiger partial charge in [-0.25, -0.2) is 4.79 Å². The van der Waals surface area contributed by atoms with Crippen molar-refractivity contribution < 1.29 is 14.6 Å². The Kier molecular flexibility index (Phi) is 1.89. The summed E-state index contributed by atoms with van der Waals surface area (Å²) in [5.41, 5.74) is 1.78. The van der Waals surface area contributed by atoms with Crippen LogP contribution in [0.25, 0.3) is 21.9 Å². The third kappa shape index (κ3) is 1.29. The maximum Gasteiger partial charge on any atom is 0.352 e. The second kappa shape index (κ2) is 3.28. The number of ether oxygens (including phenoxy) is 1. The molecule has 3 rings (SSSR count). The number of fused-ring (bicyclic) bond motifs is 3. The molecule has 0 radical (unpaired) electrons. The largest absolute Gasteiger partial charge is 0.496 e. The summed E-state index contributed by atoms with van der Waals surface area (Å²) < 4.78 is 5.28. The summed E-state index contributed by atoms with van der Waals surface area (Å²) in [6, 6.07) is 7.27. The minimum Gasteiger partial charge on any atom is -0.496 e. The van der Waals surface area contributed by atoms with Crippen molar-refractivity contribution in [1.29, 1.82) is 0 Å². The summed E-state index contributed by atoms with van der Waals surface area (Å²) >= 11 is 0. The van der Waals surface area contributed by atoms with Gasteiger partial charge in [-0.05, 0) is 18.2 Å². The zero-order chi connectivity index (χ0) is 12.0. The Bertz CT molecular complexity index is 724. The van der Waals surface area contributed by atoms with Crippen molar-refractivity contribution in [2.45, 2.75) is 0 Å². The highest BCUT2D eigenvalue weighted by Gasteiger charge is 2.14. The van der Waals surface area contributed by atoms with E-state index in [1.165, 1.54) is 0 Å². The zero-order valence-electron chi connectivity index (χ0n) is 9.07. The van der Waals surface area contributed by atoms with E-state index in [9.17, 15) is 4.79 Å². The smallest absolute Gasteiger partial charge is 0.352 e. The lowest BCUT2D eigenvalue weighted by Crippen LogP contribution is -1.95. The van der Waals surface area contributed by atoms with Crippen LogP contribution >= 0.6 is 0 Å². The fourth-order valence-corrected chi connectivity index (χ4v) is 2.08. The molecule has 1 aromatic carbocycles. The minimum atomic E-state index is -0.974. The van der Waals surface area contributed by atoms with Gasteiger partial charge in [-0.1, -0.05) is 6.07 Å². The lowest BCUT2D eigenvalue weighted by atomic mass is 10.2. The first kappa shape index (κ1) is 9.77. The number of aromatic carboxylic acids is 1. The lowest BCUT2D eigenvalue weighted by Gasteiger charge is -2.00. The van der Waals surface area contributed by atoms with Gasteiger partial charge in [0.25, 0.3) is 0 Å². The highest BCUT2D eigenvalue weighted by atomic mass is 16.5. The van der Waals surface area contributed by atoms with E-state index < -0.39 is 5.97 Å². The van der Waals surface area contributed by atoms with Gasteiger partial charge in [0.2, 0.25) is 0 Å². The average Bonchev–Trinajstić information content (AvgIpc) is 2.84. The summed E-state index contributed by atoms with van der Waals surface area (Å²) in [4.78, 5) is 16.8. The highest BCUT2D eigenvalue weighted by molar-refractivity contribution is 6.11. The summed E-state index contributed by atoms with van der Waals surface area (Å²) in [6.07, 6.45) is 0. The maximum atomic E-state index is 10.9. The van der Waals surface area contributed by atoms with Gasteiger partial charge in [0.1, 0.15) is 17.1 Å². The number of hydrogen-bond acceptors (Lipinski definition) is 2. The summed E-state index contributed by atoms with van der Waals surface area (Å²) in [7, 11) is 1.60. The molecule has 5 nitrogen and oxygen atoms in total. The Morgan fingerprint density at radius 3 is 2.88 bits per heavy atom. The van der Waals surface area contributed by atoms with Crippen LogP contribution in [0.1, 0.15) is 10.5 Å². The Morgan fingerprint density at radius 2 is 2.18 bits per heavy atom. The molecule has 0 aliphatic heterocycles. The molecule has 0 saturated heterocycles.